The number of ether oxygens (including phenoxy) is 2. The average Bonchev–Trinajstić information content (AvgIpc) is 3.12. The van der Waals surface area contributed by atoms with E-state index < -0.39 is 16.6 Å². The zero-order chi connectivity index (χ0) is 24.6. The van der Waals surface area contributed by atoms with Crippen molar-refractivity contribution in [2.24, 2.45) is 11.3 Å². The van der Waals surface area contributed by atoms with Gasteiger partial charge in [0.25, 0.3) is 0 Å². The lowest BCUT2D eigenvalue weighted by Crippen LogP contribution is -2.80. The third-order valence-corrected chi connectivity index (χ3v) is 10.7. The summed E-state index contributed by atoms with van der Waals surface area (Å²) in [5, 5.41) is 3.23. The summed E-state index contributed by atoms with van der Waals surface area (Å²) in [6.07, 6.45) is 8.18. The molecule has 1 N–H and O–H groups in total. The fourth-order valence-electron chi connectivity index (χ4n) is 8.90. The van der Waals surface area contributed by atoms with Crippen molar-refractivity contribution in [1.29, 1.82) is 0 Å². The summed E-state index contributed by atoms with van der Waals surface area (Å²) in [7, 11) is 1.99. The molecule has 0 radical (unpaired) electrons. The highest BCUT2D eigenvalue weighted by Crippen LogP contribution is 2.72. The van der Waals surface area contributed by atoms with E-state index in [1.54, 1.807) is 6.26 Å². The van der Waals surface area contributed by atoms with E-state index >= 15 is 0 Å². The lowest BCUT2D eigenvalue weighted by Gasteiger charge is -2.67. The Morgan fingerprint density at radius 3 is 2.71 bits per heavy atom. The summed E-state index contributed by atoms with van der Waals surface area (Å²) >= 11 is 0. The van der Waals surface area contributed by atoms with E-state index in [0.717, 1.165) is 50.0 Å². The SMILES string of the molecule is CN1C(=O)[13C@]23C[13C@H]4C([13CH3])([13CH3])[C@]5(C[C@@]41CN2C[13CH2][13CH2][13CH2]3)C(=O)Nc1c5ccc2c1OC=[13CH]C([13CH3])([13CH3])O2. The largest absolute Gasteiger partial charge is 0.480 e. The molecule has 2 amide bonds. The number of anilines is 1. The van der Waals surface area contributed by atoms with E-state index in [-0.39, 0.29) is 28.7 Å². The smallest absolute Gasteiger partial charge is 0.243 e. The molecule has 7 heteroatoms. The van der Waals surface area contributed by atoms with Crippen molar-refractivity contribution in [2.75, 3.05) is 25.5 Å². The Bertz CT molecular complexity index is 1220. The third kappa shape index (κ3) is 2.28. The first-order valence-corrected chi connectivity index (χ1v) is 13.0. The summed E-state index contributed by atoms with van der Waals surface area (Å²) in [6.45, 7) is 10.3. The van der Waals surface area contributed by atoms with Gasteiger partial charge in [-0.1, -0.05) is 19.9 Å². The molecule has 2 bridgehead atoms. The van der Waals surface area contributed by atoms with Crippen LogP contribution in [0.2, 0.25) is 0 Å². The van der Waals surface area contributed by atoms with Crippen LogP contribution in [0.5, 0.6) is 11.5 Å². The van der Waals surface area contributed by atoms with Gasteiger partial charge in [0, 0.05) is 13.6 Å². The van der Waals surface area contributed by atoms with Crippen LogP contribution in [0.3, 0.4) is 0 Å². The Morgan fingerprint density at radius 2 is 1.91 bits per heavy atom. The van der Waals surface area contributed by atoms with Gasteiger partial charge in [0.05, 0.1) is 22.9 Å². The van der Waals surface area contributed by atoms with Gasteiger partial charge >= 0.3 is 0 Å². The van der Waals surface area contributed by atoms with Crippen molar-refractivity contribution in [3.05, 3.63) is 30.0 Å². The Kier molecular flexibility index (Phi) is 3.86. The van der Waals surface area contributed by atoms with E-state index in [9.17, 15) is 9.59 Å². The number of carbonyl (C=O) groups is 2. The zero-order valence-corrected chi connectivity index (χ0v) is 21.4. The minimum atomic E-state index is -0.744. The van der Waals surface area contributed by atoms with Gasteiger partial charge in [0.1, 0.15) is 11.1 Å². The van der Waals surface area contributed by atoms with Crippen LogP contribution in [0.15, 0.2) is 24.5 Å². The van der Waals surface area contributed by atoms with Gasteiger partial charge < -0.3 is 19.7 Å². The number of piperidine rings is 3. The molecule has 186 valence electrons. The minimum absolute atomic E-state index is 0.0190. The molecule has 7 nitrogen and oxygen atoms in total. The molecule has 8 rings (SSSR count). The number of hydrogen-bond donors (Lipinski definition) is 1. The summed E-state index contributed by atoms with van der Waals surface area (Å²) in [5.41, 5.74) is -0.657. The van der Waals surface area contributed by atoms with Gasteiger partial charge in [-0.25, -0.2) is 0 Å². The molecule has 1 aromatic rings. The first kappa shape index (κ1) is 21.7. The summed E-state index contributed by atoms with van der Waals surface area (Å²) in [4.78, 5) is 32.5. The van der Waals surface area contributed by atoms with Gasteiger partial charge in [-0.3, -0.25) is 14.5 Å². The normalized spacial score (nSPS) is 39.8. The molecular weight excluding hydrogens is 452 g/mol. The second kappa shape index (κ2) is 6.23. The highest BCUT2D eigenvalue weighted by Gasteiger charge is 2.79. The van der Waals surface area contributed by atoms with Gasteiger partial charge in [-0.2, -0.15) is 0 Å². The molecule has 1 saturated carbocycles. The molecule has 4 saturated heterocycles. The first-order valence-electron chi connectivity index (χ1n) is 13.0. The fourth-order valence-corrected chi connectivity index (χ4v) is 8.90. The van der Waals surface area contributed by atoms with E-state index in [2.05, 4.69) is 35.0 Å². The fraction of sp³-hybridized carbons (Fsp3) is 0.643. The molecule has 35 heavy (non-hydrogen) atoms. The van der Waals surface area contributed by atoms with Crippen LogP contribution in [0.25, 0.3) is 0 Å². The maximum absolute atomic E-state index is 14.1. The van der Waals surface area contributed by atoms with Gasteiger partial charge in [-0.15, -0.1) is 0 Å². The van der Waals surface area contributed by atoms with Crippen LogP contribution in [0.1, 0.15) is 65.4 Å². The maximum atomic E-state index is 14.1. The molecule has 5 fully saturated rings. The Labute approximate surface area is 206 Å². The number of fused-ring (bicyclic) bond motifs is 5. The second-order valence-corrected chi connectivity index (χ2v) is 12.8. The molecule has 7 aliphatic rings. The molecular formula is C28H35N3O4. The predicted molar refractivity (Wildman–Crippen MR) is 131 cm³/mol. The lowest BCUT2D eigenvalue weighted by atomic mass is 9.71. The van der Waals surface area contributed by atoms with Crippen LogP contribution in [-0.2, 0) is 15.0 Å². The highest BCUT2D eigenvalue weighted by molar-refractivity contribution is 6.09. The first-order chi connectivity index (χ1) is 16.5. The maximum Gasteiger partial charge on any atom is 0.243 e. The highest BCUT2D eigenvalue weighted by atomic mass is 16.5. The van der Waals surface area contributed by atoms with Gasteiger partial charge in [0.15, 0.2) is 11.5 Å². The van der Waals surface area contributed by atoms with Crippen LogP contribution in [0, 0.1) is 11.3 Å². The molecule has 0 aromatic heterocycles. The van der Waals surface area contributed by atoms with Crippen molar-refractivity contribution < 1.29 is 19.1 Å². The van der Waals surface area contributed by atoms with Crippen molar-refractivity contribution in [3.8, 4) is 11.5 Å². The summed E-state index contributed by atoms with van der Waals surface area (Å²) in [6, 6.07) is 4.02. The molecule has 6 heterocycles. The van der Waals surface area contributed by atoms with Crippen LogP contribution >= 0.6 is 0 Å². The standard InChI is InChI=1S/C28H35N3O4/c1-24(2)11-13-34-21-18(35-24)9-8-17-20(21)29-22(32)28(17)15-27-16-31-12-7-6-10-26(31,23(33)30(27)5)14-19(27)25(28,3)4/h8-9,11,13,19H,6-7,10,12,14-16H2,1-5H3,(H,29,32)/t19-,26-,27+,28-/m0/s1/i1+1,2+1,3+1,4+1,6+1,7+1,10+1,11+1,19+1,26+1. The number of rotatable bonds is 0. The molecule has 4 atom stereocenters. The third-order valence-electron chi connectivity index (χ3n) is 10.7. The topological polar surface area (TPSA) is 71.1 Å². The number of hydrogen-bond acceptors (Lipinski definition) is 5. The van der Waals surface area contributed by atoms with E-state index in [1.807, 2.05) is 33.0 Å². The van der Waals surface area contributed by atoms with Crippen LogP contribution in [-0.4, -0.2) is 58.4 Å². The second-order valence-electron chi connectivity index (χ2n) is 12.8. The number of piperazine rings is 1. The Morgan fingerprint density at radius 1 is 1.11 bits per heavy atom. The predicted octanol–water partition coefficient (Wildman–Crippen LogP) is 3.83. The molecule has 1 aromatic carbocycles. The zero-order valence-electron chi connectivity index (χ0n) is 21.4. The number of amides is 2. The van der Waals surface area contributed by atoms with Gasteiger partial charge in [-0.05, 0) is 81.5 Å². The number of benzene rings is 1. The monoisotopic (exact) mass is 487 g/mol. The van der Waals surface area contributed by atoms with Crippen LogP contribution in [0.4, 0.5) is 5.69 Å². The molecule has 0 unspecified atom stereocenters. The van der Waals surface area contributed by atoms with Crippen molar-refractivity contribution in [2.45, 2.75) is 81.9 Å². The quantitative estimate of drug-likeness (QED) is 0.564. The number of carbonyl (C=O) groups excluding carboxylic acids is 2. The molecule has 1 aliphatic carbocycles. The van der Waals surface area contributed by atoms with E-state index in [0.29, 0.717) is 17.9 Å². The van der Waals surface area contributed by atoms with E-state index in [1.165, 1.54) is 0 Å². The van der Waals surface area contributed by atoms with Crippen molar-refractivity contribution in [1.82, 2.24) is 9.80 Å². The van der Waals surface area contributed by atoms with Crippen molar-refractivity contribution >= 4 is 17.5 Å². The molecule has 6 aliphatic heterocycles. The average molecular weight is 488 g/mol. The van der Waals surface area contributed by atoms with Crippen LogP contribution < -0.4 is 14.8 Å². The van der Waals surface area contributed by atoms with Crippen molar-refractivity contribution in [3.63, 3.8) is 0 Å². The summed E-state index contributed by atoms with van der Waals surface area (Å²) < 4.78 is 12.3. The Hall–Kier alpha value is -2.54. The number of likely N-dealkylation sites (N-methyl/N-ethyl adjacent to an activating group) is 1. The number of nitrogens with zero attached hydrogens (tertiary/aromatic N) is 2. The number of nitrogens with one attached hydrogen (secondary N) is 1. The Balaban J connectivity index is 1.41. The summed E-state index contributed by atoms with van der Waals surface area (Å²) in [5.74, 6) is 1.72. The van der Waals surface area contributed by atoms with E-state index in [4.69, 9.17) is 9.47 Å². The minimum Gasteiger partial charge on any atom is -0.480 e. The lowest BCUT2D eigenvalue weighted by molar-refractivity contribution is -0.196. The van der Waals surface area contributed by atoms with Gasteiger partial charge in [0.2, 0.25) is 11.8 Å². The molecule has 3 spiro atoms.